The summed E-state index contributed by atoms with van der Waals surface area (Å²) in [5.74, 6) is 0.905. The molecule has 2 atom stereocenters. The molecule has 0 N–H and O–H groups in total. The van der Waals surface area contributed by atoms with E-state index in [0.29, 0.717) is 11.5 Å². The Labute approximate surface area is 119 Å². The average molecular weight is 306 g/mol. The highest BCUT2D eigenvalue weighted by atomic mass is 32.2. The second-order valence-corrected chi connectivity index (χ2v) is 11.7. The highest BCUT2D eigenvalue weighted by Gasteiger charge is 2.52. The molecular formula is C14H26O3S2. The Bertz CT molecular complexity index is 454. The maximum Gasteiger partial charge on any atom is 0.153 e. The normalized spacial score (nSPS) is 31.4. The van der Waals surface area contributed by atoms with Gasteiger partial charge in [-0.2, -0.15) is 0 Å². The van der Waals surface area contributed by atoms with Crippen molar-refractivity contribution in [1.82, 2.24) is 0 Å². The first-order chi connectivity index (χ1) is 8.67. The van der Waals surface area contributed by atoms with E-state index in [0.717, 1.165) is 32.1 Å². The molecule has 0 aromatic rings. The monoisotopic (exact) mass is 306 g/mol. The summed E-state index contributed by atoms with van der Waals surface area (Å²) in [5.41, 5.74) is -0.201. The zero-order chi connectivity index (χ0) is 14.3. The third-order valence-corrected chi connectivity index (χ3v) is 9.34. The summed E-state index contributed by atoms with van der Waals surface area (Å²) in [6, 6.07) is 0. The highest BCUT2D eigenvalue weighted by Crippen LogP contribution is 2.48. The quantitative estimate of drug-likeness (QED) is 0.805. The minimum Gasteiger partial charge on any atom is -0.259 e. The maximum atomic E-state index is 12.5. The van der Waals surface area contributed by atoms with Crippen molar-refractivity contribution < 1.29 is 12.6 Å². The van der Waals surface area contributed by atoms with Crippen LogP contribution in [0.5, 0.6) is 0 Å². The van der Waals surface area contributed by atoms with Crippen LogP contribution in [0.25, 0.3) is 0 Å². The van der Waals surface area contributed by atoms with Crippen molar-refractivity contribution in [2.45, 2.75) is 69.3 Å². The summed E-state index contributed by atoms with van der Waals surface area (Å²) in [6.45, 7) is 5.94. The van der Waals surface area contributed by atoms with Crippen LogP contribution in [0, 0.1) is 5.41 Å². The van der Waals surface area contributed by atoms with Gasteiger partial charge in [0.05, 0.1) is 11.0 Å². The third kappa shape index (κ3) is 3.07. The first kappa shape index (κ1) is 15.5. The van der Waals surface area contributed by atoms with E-state index in [1.165, 1.54) is 6.42 Å². The Hall–Kier alpha value is 0.1000. The maximum absolute atomic E-state index is 12.5. The first-order valence-corrected chi connectivity index (χ1v) is 10.3. The van der Waals surface area contributed by atoms with Crippen molar-refractivity contribution in [1.29, 1.82) is 0 Å². The molecule has 3 nitrogen and oxygen atoms in total. The molecule has 1 aliphatic heterocycles. The zero-order valence-electron chi connectivity index (χ0n) is 12.3. The summed E-state index contributed by atoms with van der Waals surface area (Å²) in [5, 5.41) is -0.216. The Morgan fingerprint density at radius 1 is 1.16 bits per heavy atom. The molecule has 2 aliphatic rings. The molecule has 1 saturated carbocycles. The van der Waals surface area contributed by atoms with Gasteiger partial charge in [0.2, 0.25) is 0 Å². The zero-order valence-corrected chi connectivity index (χ0v) is 13.9. The summed E-state index contributed by atoms with van der Waals surface area (Å²) in [7, 11) is -3.87. The lowest BCUT2D eigenvalue weighted by atomic mass is 9.72. The average Bonchev–Trinajstić information content (AvgIpc) is 2.27. The molecule has 1 saturated heterocycles. The Morgan fingerprint density at radius 3 is 2.11 bits per heavy atom. The van der Waals surface area contributed by atoms with E-state index in [1.807, 2.05) is 20.8 Å². The largest absolute Gasteiger partial charge is 0.259 e. The molecule has 1 heterocycles. The van der Waals surface area contributed by atoms with Crippen LogP contribution >= 0.6 is 0 Å². The summed E-state index contributed by atoms with van der Waals surface area (Å²) >= 11 is 0. The van der Waals surface area contributed by atoms with E-state index in [4.69, 9.17) is 0 Å². The van der Waals surface area contributed by atoms with Gasteiger partial charge in [0.1, 0.15) is 0 Å². The third-order valence-electron chi connectivity index (χ3n) is 4.73. The Morgan fingerprint density at radius 2 is 1.74 bits per heavy atom. The van der Waals surface area contributed by atoms with Crippen LogP contribution < -0.4 is 0 Å². The first-order valence-electron chi connectivity index (χ1n) is 7.27. The van der Waals surface area contributed by atoms with Crippen molar-refractivity contribution in [2.75, 3.05) is 11.5 Å². The van der Waals surface area contributed by atoms with Gasteiger partial charge in [-0.1, -0.05) is 19.3 Å². The molecule has 2 fully saturated rings. The molecule has 19 heavy (non-hydrogen) atoms. The van der Waals surface area contributed by atoms with Crippen LogP contribution in [0.15, 0.2) is 0 Å². The lowest BCUT2D eigenvalue weighted by Crippen LogP contribution is -2.54. The highest BCUT2D eigenvalue weighted by molar-refractivity contribution is 7.93. The van der Waals surface area contributed by atoms with Crippen molar-refractivity contribution >= 4 is 20.6 Å². The second-order valence-electron chi connectivity index (χ2n) is 7.17. The number of hydrogen-bond donors (Lipinski definition) is 0. The summed E-state index contributed by atoms with van der Waals surface area (Å²) < 4.78 is 36.4. The predicted molar refractivity (Wildman–Crippen MR) is 80.5 cm³/mol. The van der Waals surface area contributed by atoms with Gasteiger partial charge in [-0.25, -0.2) is 8.42 Å². The van der Waals surface area contributed by atoms with E-state index in [-0.39, 0.29) is 15.4 Å². The second kappa shape index (κ2) is 5.14. The molecule has 5 heteroatoms. The molecule has 2 rings (SSSR count). The minimum atomic E-state index is -2.91. The van der Waals surface area contributed by atoms with Crippen LogP contribution in [-0.4, -0.2) is 34.1 Å². The van der Waals surface area contributed by atoms with E-state index in [1.54, 1.807) is 0 Å². The van der Waals surface area contributed by atoms with Gasteiger partial charge in [-0.15, -0.1) is 0 Å². The van der Waals surface area contributed by atoms with Crippen molar-refractivity contribution in [2.24, 2.45) is 5.41 Å². The molecule has 0 amide bonds. The molecule has 0 aromatic carbocycles. The smallest absolute Gasteiger partial charge is 0.153 e. The van der Waals surface area contributed by atoms with Gasteiger partial charge in [0.25, 0.3) is 0 Å². The van der Waals surface area contributed by atoms with E-state index in [9.17, 15) is 12.6 Å². The molecule has 0 aromatic heterocycles. The van der Waals surface area contributed by atoms with Crippen molar-refractivity contribution in [3.63, 3.8) is 0 Å². The van der Waals surface area contributed by atoms with Gasteiger partial charge in [-0.05, 0) is 45.4 Å². The number of hydrogen-bond acceptors (Lipinski definition) is 3. The molecule has 0 spiro atoms. The Balaban J connectivity index is 2.23. The fraction of sp³-hybridized carbons (Fsp3) is 1.00. The molecule has 1 aliphatic carbocycles. The summed E-state index contributed by atoms with van der Waals surface area (Å²) in [6.07, 6.45) is 6.04. The van der Waals surface area contributed by atoms with Crippen LogP contribution in [0.4, 0.5) is 0 Å². The lowest BCUT2D eigenvalue weighted by Gasteiger charge is -2.47. The Kier molecular flexibility index (Phi) is 4.19. The molecule has 0 unspecified atom stereocenters. The van der Waals surface area contributed by atoms with E-state index >= 15 is 0 Å². The molecule has 0 bridgehead atoms. The van der Waals surface area contributed by atoms with Gasteiger partial charge in [0.15, 0.2) is 9.84 Å². The van der Waals surface area contributed by atoms with E-state index < -0.39 is 20.6 Å². The van der Waals surface area contributed by atoms with Crippen molar-refractivity contribution in [3.05, 3.63) is 0 Å². The van der Waals surface area contributed by atoms with Gasteiger partial charge >= 0.3 is 0 Å². The van der Waals surface area contributed by atoms with Crippen LogP contribution in [0.2, 0.25) is 0 Å². The SMILES string of the molecule is CC(C)(C)[S@](=O)CC1([C@H]2CCS2(=O)=O)CCCCC1. The molecule has 0 radical (unpaired) electrons. The number of sulfone groups is 1. The van der Waals surface area contributed by atoms with Crippen LogP contribution in [-0.2, 0) is 20.6 Å². The fourth-order valence-electron chi connectivity index (χ4n) is 3.41. The topological polar surface area (TPSA) is 51.2 Å². The van der Waals surface area contributed by atoms with Crippen molar-refractivity contribution in [3.8, 4) is 0 Å². The van der Waals surface area contributed by atoms with E-state index in [2.05, 4.69) is 0 Å². The number of rotatable bonds is 3. The summed E-state index contributed by atoms with van der Waals surface area (Å²) in [4.78, 5) is 0. The molecular weight excluding hydrogens is 280 g/mol. The standard InChI is InChI=1S/C14H26O3S2/c1-13(2,3)18(15)11-14(8-5-4-6-9-14)12-7-10-19(12,16)17/h12H,4-11H2,1-3H3/t12-,18-/m1/s1. The minimum absolute atomic E-state index is 0.201. The fourth-order valence-corrected chi connectivity index (χ4v) is 6.90. The van der Waals surface area contributed by atoms with Crippen LogP contribution in [0.1, 0.15) is 59.3 Å². The lowest BCUT2D eigenvalue weighted by molar-refractivity contribution is 0.196. The van der Waals surface area contributed by atoms with Crippen LogP contribution in [0.3, 0.4) is 0 Å². The van der Waals surface area contributed by atoms with Gasteiger partial charge < -0.3 is 0 Å². The van der Waals surface area contributed by atoms with Gasteiger partial charge in [0, 0.05) is 21.3 Å². The predicted octanol–water partition coefficient (Wildman–Crippen LogP) is 2.67. The van der Waals surface area contributed by atoms with Gasteiger partial charge in [-0.3, -0.25) is 4.21 Å². The molecule has 112 valence electrons.